The largest absolute Gasteiger partial charge is 0.507 e. The lowest BCUT2D eigenvalue weighted by Gasteiger charge is -2.34. The Hall–Kier alpha value is -2.08. The Kier molecular flexibility index (Phi) is 4.80. The van der Waals surface area contributed by atoms with Gasteiger partial charge in [-0.1, -0.05) is 11.6 Å². The molecule has 0 aliphatic carbocycles. The number of phenols is 1. The molecule has 1 heterocycles. The number of rotatable bonds is 3. The highest BCUT2D eigenvalue weighted by Gasteiger charge is 2.33. The van der Waals surface area contributed by atoms with Gasteiger partial charge in [0.15, 0.2) is 0 Å². The molecular formula is C15H20N2O4. The van der Waals surface area contributed by atoms with E-state index >= 15 is 0 Å². The van der Waals surface area contributed by atoms with E-state index < -0.39 is 6.04 Å². The number of ether oxygens (including phenoxy) is 1. The van der Waals surface area contributed by atoms with E-state index in [4.69, 9.17) is 4.74 Å². The average Bonchev–Trinajstić information content (AvgIpc) is 2.49. The van der Waals surface area contributed by atoms with Gasteiger partial charge in [-0.05, 0) is 26.0 Å². The van der Waals surface area contributed by atoms with Gasteiger partial charge in [0.05, 0.1) is 18.8 Å². The van der Waals surface area contributed by atoms with Crippen LogP contribution in [0.4, 0.5) is 0 Å². The van der Waals surface area contributed by atoms with E-state index in [1.165, 1.54) is 11.0 Å². The lowest BCUT2D eigenvalue weighted by Crippen LogP contribution is -2.55. The second-order valence-corrected chi connectivity index (χ2v) is 5.00. The molecule has 0 saturated carbocycles. The fourth-order valence-electron chi connectivity index (χ4n) is 2.33. The molecule has 1 aromatic rings. The highest BCUT2D eigenvalue weighted by atomic mass is 16.5. The van der Waals surface area contributed by atoms with Crippen molar-refractivity contribution in [2.24, 2.45) is 0 Å². The van der Waals surface area contributed by atoms with Crippen LogP contribution in [0.1, 0.15) is 22.8 Å². The van der Waals surface area contributed by atoms with Gasteiger partial charge in [0.2, 0.25) is 5.91 Å². The van der Waals surface area contributed by atoms with Crippen LogP contribution < -0.4 is 5.32 Å². The molecule has 1 unspecified atom stereocenters. The van der Waals surface area contributed by atoms with Gasteiger partial charge in [-0.2, -0.15) is 0 Å². The topological polar surface area (TPSA) is 78.9 Å². The molecule has 1 aliphatic heterocycles. The SMILES string of the molecule is CCNC(=O)C1COCCN1C(=O)c1cc(C)ccc1O. The maximum absolute atomic E-state index is 12.6. The molecule has 0 bridgehead atoms. The van der Waals surface area contributed by atoms with Crippen LogP contribution in [0.25, 0.3) is 0 Å². The Balaban J connectivity index is 2.26. The Morgan fingerprint density at radius 3 is 2.95 bits per heavy atom. The number of amides is 2. The molecule has 0 aromatic heterocycles. The van der Waals surface area contributed by atoms with Gasteiger partial charge in [0.25, 0.3) is 5.91 Å². The van der Waals surface area contributed by atoms with Crippen molar-refractivity contribution in [3.63, 3.8) is 0 Å². The number of aromatic hydroxyl groups is 1. The van der Waals surface area contributed by atoms with Crippen LogP contribution in [0.2, 0.25) is 0 Å². The molecule has 0 radical (unpaired) electrons. The van der Waals surface area contributed by atoms with Gasteiger partial charge in [-0.3, -0.25) is 9.59 Å². The van der Waals surface area contributed by atoms with Crippen molar-refractivity contribution in [3.8, 4) is 5.75 Å². The van der Waals surface area contributed by atoms with E-state index in [0.29, 0.717) is 19.7 Å². The molecule has 1 fully saturated rings. The number of hydrogen-bond donors (Lipinski definition) is 2. The summed E-state index contributed by atoms with van der Waals surface area (Å²) in [6, 6.07) is 4.18. The molecule has 6 heteroatoms. The second-order valence-electron chi connectivity index (χ2n) is 5.00. The van der Waals surface area contributed by atoms with Gasteiger partial charge in [-0.25, -0.2) is 0 Å². The number of nitrogens with one attached hydrogen (secondary N) is 1. The van der Waals surface area contributed by atoms with Crippen molar-refractivity contribution < 1.29 is 19.4 Å². The zero-order chi connectivity index (χ0) is 15.4. The number of hydrogen-bond acceptors (Lipinski definition) is 4. The summed E-state index contributed by atoms with van der Waals surface area (Å²) in [6.45, 7) is 5.04. The highest BCUT2D eigenvalue weighted by molar-refractivity contribution is 5.99. The van der Waals surface area contributed by atoms with Crippen LogP contribution in [0, 0.1) is 6.92 Å². The summed E-state index contributed by atoms with van der Waals surface area (Å²) in [6.07, 6.45) is 0. The van der Waals surface area contributed by atoms with Gasteiger partial charge >= 0.3 is 0 Å². The van der Waals surface area contributed by atoms with E-state index in [0.717, 1.165) is 5.56 Å². The maximum Gasteiger partial charge on any atom is 0.258 e. The predicted octanol–water partition coefficient (Wildman–Crippen LogP) is 0.678. The Morgan fingerprint density at radius 2 is 2.24 bits per heavy atom. The summed E-state index contributed by atoms with van der Waals surface area (Å²) in [5.74, 6) is -0.666. The molecule has 1 aromatic carbocycles. The summed E-state index contributed by atoms with van der Waals surface area (Å²) in [7, 11) is 0. The van der Waals surface area contributed by atoms with E-state index in [9.17, 15) is 14.7 Å². The fraction of sp³-hybridized carbons (Fsp3) is 0.467. The number of aryl methyl sites for hydroxylation is 1. The third-order valence-corrected chi connectivity index (χ3v) is 3.43. The van der Waals surface area contributed by atoms with Crippen molar-refractivity contribution in [1.29, 1.82) is 0 Å². The minimum atomic E-state index is -0.661. The average molecular weight is 292 g/mol. The van der Waals surface area contributed by atoms with Gasteiger partial charge < -0.3 is 20.1 Å². The lowest BCUT2D eigenvalue weighted by molar-refractivity contribution is -0.130. The molecule has 2 rings (SSSR count). The normalized spacial score (nSPS) is 18.4. The predicted molar refractivity (Wildman–Crippen MR) is 77.2 cm³/mol. The molecule has 0 spiro atoms. The third-order valence-electron chi connectivity index (χ3n) is 3.43. The number of nitrogens with zero attached hydrogens (tertiary/aromatic N) is 1. The Bertz CT molecular complexity index is 544. The smallest absolute Gasteiger partial charge is 0.258 e. The zero-order valence-electron chi connectivity index (χ0n) is 12.3. The third kappa shape index (κ3) is 3.33. The molecule has 114 valence electrons. The monoisotopic (exact) mass is 292 g/mol. The molecule has 6 nitrogen and oxygen atoms in total. The molecule has 1 atom stereocenters. The number of carbonyl (C=O) groups is 2. The Labute approximate surface area is 123 Å². The van der Waals surface area contributed by atoms with E-state index in [1.54, 1.807) is 12.1 Å². The van der Waals surface area contributed by atoms with Crippen molar-refractivity contribution in [3.05, 3.63) is 29.3 Å². The standard InChI is InChI=1S/C15H20N2O4/c1-3-16-14(19)12-9-21-7-6-17(12)15(20)11-8-10(2)4-5-13(11)18/h4-5,8,12,18H,3,6-7,9H2,1-2H3,(H,16,19). The number of carbonyl (C=O) groups excluding carboxylic acids is 2. The first-order valence-corrected chi connectivity index (χ1v) is 7.00. The van der Waals surface area contributed by atoms with Crippen LogP contribution in [0.15, 0.2) is 18.2 Å². The van der Waals surface area contributed by atoms with Crippen LogP contribution in [-0.4, -0.2) is 54.2 Å². The van der Waals surface area contributed by atoms with Crippen molar-refractivity contribution in [2.45, 2.75) is 19.9 Å². The number of morpholine rings is 1. The molecule has 1 aliphatic rings. The van der Waals surface area contributed by atoms with Crippen LogP contribution >= 0.6 is 0 Å². The summed E-state index contributed by atoms with van der Waals surface area (Å²) in [5, 5.41) is 12.6. The maximum atomic E-state index is 12.6. The molecule has 2 amide bonds. The molecule has 1 saturated heterocycles. The first kappa shape index (κ1) is 15.3. The summed E-state index contributed by atoms with van der Waals surface area (Å²) >= 11 is 0. The van der Waals surface area contributed by atoms with Gasteiger partial charge in [0.1, 0.15) is 11.8 Å². The first-order valence-electron chi connectivity index (χ1n) is 7.00. The number of benzene rings is 1. The second kappa shape index (κ2) is 6.58. The van der Waals surface area contributed by atoms with Gasteiger partial charge in [-0.15, -0.1) is 0 Å². The van der Waals surface area contributed by atoms with E-state index in [1.807, 2.05) is 13.8 Å². The molecular weight excluding hydrogens is 272 g/mol. The summed E-state index contributed by atoms with van der Waals surface area (Å²) in [5.41, 5.74) is 1.09. The molecule has 2 N–H and O–H groups in total. The van der Waals surface area contributed by atoms with Crippen molar-refractivity contribution in [2.75, 3.05) is 26.3 Å². The van der Waals surface area contributed by atoms with Crippen LogP contribution in [0.3, 0.4) is 0 Å². The molecule has 21 heavy (non-hydrogen) atoms. The van der Waals surface area contributed by atoms with Crippen LogP contribution in [0.5, 0.6) is 5.75 Å². The van der Waals surface area contributed by atoms with Crippen LogP contribution in [-0.2, 0) is 9.53 Å². The fourth-order valence-corrected chi connectivity index (χ4v) is 2.33. The van der Waals surface area contributed by atoms with E-state index in [2.05, 4.69) is 5.32 Å². The van der Waals surface area contributed by atoms with E-state index in [-0.39, 0.29) is 29.7 Å². The zero-order valence-corrected chi connectivity index (χ0v) is 12.3. The van der Waals surface area contributed by atoms with Crippen molar-refractivity contribution >= 4 is 11.8 Å². The van der Waals surface area contributed by atoms with Gasteiger partial charge in [0, 0.05) is 13.1 Å². The minimum Gasteiger partial charge on any atom is -0.507 e. The lowest BCUT2D eigenvalue weighted by atomic mass is 10.1. The highest BCUT2D eigenvalue weighted by Crippen LogP contribution is 2.22. The number of phenolic OH excluding ortho intramolecular Hbond substituents is 1. The van der Waals surface area contributed by atoms with Crippen molar-refractivity contribution in [1.82, 2.24) is 10.2 Å². The Morgan fingerprint density at radius 1 is 1.48 bits per heavy atom. The number of likely N-dealkylation sites (N-methyl/N-ethyl adjacent to an activating group) is 1. The summed E-state index contributed by atoms with van der Waals surface area (Å²) < 4.78 is 5.30. The quantitative estimate of drug-likeness (QED) is 0.858. The summed E-state index contributed by atoms with van der Waals surface area (Å²) in [4.78, 5) is 26.1. The minimum absolute atomic E-state index is 0.0771. The first-order chi connectivity index (χ1) is 10.0.